The molecule has 0 radical (unpaired) electrons. The molecule has 6 nitrogen and oxygen atoms in total. The number of ether oxygens (including phenoxy) is 2. The molecule has 3 atom stereocenters. The molecule has 1 aliphatic heterocycles. The molecule has 3 rings (SSSR count). The number of rotatable bonds is 7. The second kappa shape index (κ2) is 8.80. The van der Waals surface area contributed by atoms with E-state index >= 15 is 0 Å². The van der Waals surface area contributed by atoms with E-state index in [4.69, 9.17) is 9.47 Å². The Hall–Kier alpha value is -2.41. The molecule has 2 aromatic rings. The van der Waals surface area contributed by atoms with Crippen LogP contribution in [0.15, 0.2) is 60.7 Å². The number of benzene rings is 2. The first-order chi connectivity index (χ1) is 12.6. The second-order valence-corrected chi connectivity index (χ2v) is 6.33. The summed E-state index contributed by atoms with van der Waals surface area (Å²) < 4.78 is 11.4. The Morgan fingerprint density at radius 2 is 1.58 bits per heavy atom. The molecular formula is C20H23NO5. The zero-order valence-electron chi connectivity index (χ0n) is 14.4. The van der Waals surface area contributed by atoms with Crippen molar-refractivity contribution in [3.63, 3.8) is 0 Å². The summed E-state index contributed by atoms with van der Waals surface area (Å²) in [5.41, 5.74) is 1.98. The van der Waals surface area contributed by atoms with Gasteiger partial charge in [-0.15, -0.1) is 0 Å². The summed E-state index contributed by atoms with van der Waals surface area (Å²) in [5.74, 6) is 0. The van der Waals surface area contributed by atoms with Gasteiger partial charge >= 0.3 is 6.09 Å². The highest BCUT2D eigenvalue weighted by Crippen LogP contribution is 2.23. The molecule has 1 aliphatic rings. The van der Waals surface area contributed by atoms with Gasteiger partial charge in [0.05, 0.1) is 32.4 Å². The largest absolute Gasteiger partial charge is 0.465 e. The zero-order valence-corrected chi connectivity index (χ0v) is 14.4. The molecule has 0 bridgehead atoms. The molecule has 1 fully saturated rings. The Morgan fingerprint density at radius 3 is 2.15 bits per heavy atom. The van der Waals surface area contributed by atoms with E-state index in [0.29, 0.717) is 13.2 Å². The van der Waals surface area contributed by atoms with Crippen LogP contribution in [0.2, 0.25) is 0 Å². The number of hydrogen-bond donors (Lipinski definition) is 2. The Balaban J connectivity index is 1.56. The summed E-state index contributed by atoms with van der Waals surface area (Å²) in [5, 5.41) is 20.0. The second-order valence-electron chi connectivity index (χ2n) is 6.33. The van der Waals surface area contributed by atoms with E-state index in [1.807, 2.05) is 60.7 Å². The first-order valence-electron chi connectivity index (χ1n) is 8.60. The number of carbonyl (C=O) groups is 1. The minimum atomic E-state index is -1.08. The van der Waals surface area contributed by atoms with Gasteiger partial charge in [0.15, 0.2) is 0 Å². The Bertz CT molecular complexity index is 694. The van der Waals surface area contributed by atoms with Gasteiger partial charge in [-0.1, -0.05) is 60.7 Å². The van der Waals surface area contributed by atoms with Crippen LogP contribution >= 0.6 is 0 Å². The lowest BCUT2D eigenvalue weighted by Crippen LogP contribution is -2.42. The van der Waals surface area contributed by atoms with Gasteiger partial charge in [-0.25, -0.2) is 4.79 Å². The SMILES string of the molecule is O=C(O)N1C[C@@H](OCc2ccccc2)[C@H](O)[C@H]1COCc1ccccc1. The van der Waals surface area contributed by atoms with Crippen LogP contribution in [0.4, 0.5) is 4.79 Å². The van der Waals surface area contributed by atoms with Crippen LogP contribution in [0.1, 0.15) is 11.1 Å². The van der Waals surface area contributed by atoms with Crippen molar-refractivity contribution >= 4 is 6.09 Å². The van der Waals surface area contributed by atoms with E-state index in [-0.39, 0.29) is 13.2 Å². The fourth-order valence-corrected chi connectivity index (χ4v) is 3.08. The summed E-state index contributed by atoms with van der Waals surface area (Å²) >= 11 is 0. The number of nitrogens with zero attached hydrogens (tertiary/aromatic N) is 1. The lowest BCUT2D eigenvalue weighted by atomic mass is 10.1. The van der Waals surface area contributed by atoms with Crippen LogP contribution in [-0.2, 0) is 22.7 Å². The van der Waals surface area contributed by atoms with Gasteiger partial charge in [0.25, 0.3) is 0 Å². The predicted molar refractivity (Wildman–Crippen MR) is 95.6 cm³/mol. The van der Waals surface area contributed by atoms with E-state index in [1.54, 1.807) is 0 Å². The van der Waals surface area contributed by atoms with Crippen molar-refractivity contribution in [2.75, 3.05) is 13.2 Å². The van der Waals surface area contributed by atoms with Crippen molar-refractivity contribution in [2.45, 2.75) is 31.5 Å². The standard InChI is InChI=1S/C20H23NO5/c22-19-17(14-25-12-15-7-3-1-4-8-15)21(20(23)24)11-18(19)26-13-16-9-5-2-6-10-16/h1-10,17-19,22H,11-14H2,(H,23,24)/t17-,18-,19-/m1/s1. The van der Waals surface area contributed by atoms with E-state index in [1.165, 1.54) is 4.90 Å². The number of carboxylic acid groups (broad SMARTS) is 1. The topological polar surface area (TPSA) is 79.2 Å². The third-order valence-corrected chi connectivity index (χ3v) is 4.50. The average Bonchev–Trinajstić information content (AvgIpc) is 2.98. The highest BCUT2D eigenvalue weighted by molar-refractivity contribution is 5.66. The van der Waals surface area contributed by atoms with E-state index in [9.17, 15) is 15.0 Å². The van der Waals surface area contributed by atoms with Gasteiger partial charge in [-0.3, -0.25) is 4.90 Å². The summed E-state index contributed by atoms with van der Waals surface area (Å²) in [6.45, 7) is 0.941. The Morgan fingerprint density at radius 1 is 1.00 bits per heavy atom. The summed E-state index contributed by atoms with van der Waals surface area (Å²) in [6, 6.07) is 18.6. The third kappa shape index (κ3) is 4.60. The minimum absolute atomic E-state index is 0.119. The van der Waals surface area contributed by atoms with Crippen molar-refractivity contribution in [3.8, 4) is 0 Å². The van der Waals surface area contributed by atoms with Crippen molar-refractivity contribution in [1.82, 2.24) is 4.90 Å². The molecule has 6 heteroatoms. The zero-order chi connectivity index (χ0) is 18.4. The first-order valence-corrected chi connectivity index (χ1v) is 8.60. The fraction of sp³-hybridized carbons (Fsp3) is 0.350. The molecule has 2 N–H and O–H groups in total. The highest BCUT2D eigenvalue weighted by atomic mass is 16.5. The van der Waals surface area contributed by atoms with E-state index in [0.717, 1.165) is 11.1 Å². The number of amides is 1. The number of hydrogen-bond acceptors (Lipinski definition) is 4. The summed E-state index contributed by atoms with van der Waals surface area (Å²) in [4.78, 5) is 12.7. The molecule has 26 heavy (non-hydrogen) atoms. The summed E-state index contributed by atoms with van der Waals surface area (Å²) in [6.07, 6.45) is -2.58. The molecule has 0 unspecified atom stereocenters. The van der Waals surface area contributed by atoms with E-state index in [2.05, 4.69) is 0 Å². The van der Waals surface area contributed by atoms with Crippen LogP contribution in [0.5, 0.6) is 0 Å². The van der Waals surface area contributed by atoms with Crippen LogP contribution in [-0.4, -0.2) is 52.6 Å². The average molecular weight is 357 g/mol. The normalized spacial score (nSPS) is 22.5. The maximum absolute atomic E-state index is 11.5. The molecule has 2 aromatic carbocycles. The lowest BCUT2D eigenvalue weighted by molar-refractivity contribution is -0.0379. The number of likely N-dealkylation sites (tertiary alicyclic amines) is 1. The number of aliphatic hydroxyl groups excluding tert-OH is 1. The van der Waals surface area contributed by atoms with Gasteiger partial charge in [-0.05, 0) is 11.1 Å². The van der Waals surface area contributed by atoms with Crippen LogP contribution in [0, 0.1) is 0 Å². The molecule has 0 spiro atoms. The quantitative estimate of drug-likeness (QED) is 0.796. The Kier molecular flexibility index (Phi) is 6.22. The first kappa shape index (κ1) is 18.4. The van der Waals surface area contributed by atoms with Crippen molar-refractivity contribution in [3.05, 3.63) is 71.8 Å². The van der Waals surface area contributed by atoms with Crippen LogP contribution < -0.4 is 0 Å². The van der Waals surface area contributed by atoms with Crippen LogP contribution in [0.3, 0.4) is 0 Å². The highest BCUT2D eigenvalue weighted by Gasteiger charge is 2.44. The number of aliphatic hydroxyl groups is 1. The Labute approximate surface area is 152 Å². The lowest BCUT2D eigenvalue weighted by Gasteiger charge is -2.23. The monoisotopic (exact) mass is 357 g/mol. The summed E-state index contributed by atoms with van der Waals surface area (Å²) in [7, 11) is 0. The molecule has 0 aromatic heterocycles. The van der Waals surface area contributed by atoms with Gasteiger partial charge in [0, 0.05) is 0 Å². The van der Waals surface area contributed by atoms with Gasteiger partial charge in [-0.2, -0.15) is 0 Å². The smallest absolute Gasteiger partial charge is 0.407 e. The maximum Gasteiger partial charge on any atom is 0.407 e. The molecule has 0 saturated carbocycles. The molecule has 0 aliphatic carbocycles. The molecular weight excluding hydrogens is 334 g/mol. The third-order valence-electron chi connectivity index (χ3n) is 4.50. The van der Waals surface area contributed by atoms with E-state index < -0.39 is 24.3 Å². The predicted octanol–water partition coefficient (Wildman–Crippen LogP) is 2.51. The fourth-order valence-electron chi connectivity index (χ4n) is 3.08. The molecule has 138 valence electrons. The van der Waals surface area contributed by atoms with Crippen molar-refractivity contribution < 1.29 is 24.5 Å². The van der Waals surface area contributed by atoms with Crippen molar-refractivity contribution in [1.29, 1.82) is 0 Å². The van der Waals surface area contributed by atoms with Crippen molar-refractivity contribution in [2.24, 2.45) is 0 Å². The van der Waals surface area contributed by atoms with Gasteiger partial charge in [0.2, 0.25) is 0 Å². The van der Waals surface area contributed by atoms with Gasteiger partial charge in [0.1, 0.15) is 12.2 Å². The maximum atomic E-state index is 11.5. The molecule has 1 heterocycles. The van der Waals surface area contributed by atoms with Gasteiger partial charge < -0.3 is 19.7 Å². The molecule has 1 amide bonds. The minimum Gasteiger partial charge on any atom is -0.465 e. The van der Waals surface area contributed by atoms with Crippen LogP contribution in [0.25, 0.3) is 0 Å². The molecule has 1 saturated heterocycles.